The van der Waals surface area contributed by atoms with Gasteiger partial charge in [-0.05, 0) is 52.5 Å². The lowest BCUT2D eigenvalue weighted by atomic mass is 10.1. The summed E-state index contributed by atoms with van der Waals surface area (Å²) in [5, 5.41) is 0. The van der Waals surface area contributed by atoms with Crippen molar-refractivity contribution >= 4 is 17.1 Å². The molecule has 1 rings (SSSR count). The van der Waals surface area contributed by atoms with Gasteiger partial charge in [0.05, 0.1) is 4.88 Å². The molecule has 3 heteroatoms. The molecule has 0 fully saturated rings. The van der Waals surface area contributed by atoms with Crippen LogP contribution in [-0.4, -0.2) is 31.3 Å². The number of Topliss-reactive ketones (excluding diaryl/α,β-unsaturated/α-hetero) is 1. The highest BCUT2D eigenvalue weighted by atomic mass is 32.1. The van der Waals surface area contributed by atoms with Crippen LogP contribution < -0.4 is 0 Å². The molecule has 0 aromatic carbocycles. The monoisotopic (exact) mass is 225 g/mol. The Kier molecular flexibility index (Phi) is 4.99. The van der Waals surface area contributed by atoms with Crippen LogP contribution in [-0.2, 0) is 0 Å². The van der Waals surface area contributed by atoms with Crippen molar-refractivity contribution in [3.8, 4) is 0 Å². The zero-order chi connectivity index (χ0) is 11.3. The molecule has 0 bridgehead atoms. The normalized spacial score (nSPS) is 10.9. The first-order chi connectivity index (χ1) is 7.09. The van der Waals surface area contributed by atoms with Crippen LogP contribution >= 0.6 is 11.3 Å². The van der Waals surface area contributed by atoms with E-state index in [1.54, 1.807) is 11.3 Å². The largest absolute Gasteiger partial charge is 0.309 e. The van der Waals surface area contributed by atoms with Gasteiger partial charge < -0.3 is 4.90 Å². The molecule has 0 saturated carbocycles. The van der Waals surface area contributed by atoms with Crippen molar-refractivity contribution in [1.82, 2.24) is 4.90 Å². The van der Waals surface area contributed by atoms with Crippen LogP contribution in [0.1, 0.15) is 33.8 Å². The minimum atomic E-state index is 0.298. The Morgan fingerprint density at radius 2 is 2.07 bits per heavy atom. The Morgan fingerprint density at radius 3 is 2.60 bits per heavy atom. The molecule has 0 aliphatic heterocycles. The van der Waals surface area contributed by atoms with Gasteiger partial charge in [0.2, 0.25) is 0 Å². The minimum absolute atomic E-state index is 0.298. The van der Waals surface area contributed by atoms with Gasteiger partial charge in [-0.1, -0.05) is 0 Å². The fourth-order valence-electron chi connectivity index (χ4n) is 1.42. The molecular weight excluding hydrogens is 206 g/mol. The van der Waals surface area contributed by atoms with Crippen LogP contribution in [0.4, 0.5) is 0 Å². The van der Waals surface area contributed by atoms with E-state index < -0.39 is 0 Å². The number of ketones is 1. The SMILES string of the molecule is Cc1ccc(C(=O)CCCCN(C)C)s1. The number of unbranched alkanes of at least 4 members (excludes halogenated alkanes) is 1. The first-order valence-corrected chi connectivity index (χ1v) is 6.15. The van der Waals surface area contributed by atoms with Crippen LogP contribution in [0, 0.1) is 6.92 Å². The van der Waals surface area contributed by atoms with E-state index in [0.29, 0.717) is 12.2 Å². The van der Waals surface area contributed by atoms with Gasteiger partial charge in [0.1, 0.15) is 0 Å². The molecule has 2 nitrogen and oxygen atoms in total. The van der Waals surface area contributed by atoms with Gasteiger partial charge in [0.15, 0.2) is 5.78 Å². The topological polar surface area (TPSA) is 20.3 Å². The number of hydrogen-bond donors (Lipinski definition) is 0. The van der Waals surface area contributed by atoms with Gasteiger partial charge in [0, 0.05) is 11.3 Å². The summed E-state index contributed by atoms with van der Waals surface area (Å²) in [4.78, 5) is 16.0. The van der Waals surface area contributed by atoms with Gasteiger partial charge >= 0.3 is 0 Å². The number of nitrogens with zero attached hydrogens (tertiary/aromatic N) is 1. The second kappa shape index (κ2) is 6.03. The van der Waals surface area contributed by atoms with E-state index in [0.717, 1.165) is 24.3 Å². The minimum Gasteiger partial charge on any atom is -0.309 e. The molecule has 84 valence electrons. The molecule has 1 aromatic rings. The number of carbonyl (C=O) groups is 1. The summed E-state index contributed by atoms with van der Waals surface area (Å²) in [7, 11) is 4.12. The second-order valence-electron chi connectivity index (χ2n) is 4.09. The van der Waals surface area contributed by atoms with Gasteiger partial charge in [-0.25, -0.2) is 0 Å². The molecular formula is C12H19NOS. The smallest absolute Gasteiger partial charge is 0.172 e. The average molecular weight is 225 g/mol. The fraction of sp³-hybridized carbons (Fsp3) is 0.583. The van der Waals surface area contributed by atoms with Crippen LogP contribution in [0.25, 0.3) is 0 Å². The van der Waals surface area contributed by atoms with E-state index in [4.69, 9.17) is 0 Å². The maximum Gasteiger partial charge on any atom is 0.172 e. The maximum atomic E-state index is 11.7. The van der Waals surface area contributed by atoms with Crippen LogP contribution in [0.3, 0.4) is 0 Å². The first kappa shape index (κ1) is 12.4. The van der Waals surface area contributed by atoms with Crippen LogP contribution in [0.15, 0.2) is 12.1 Å². The molecule has 0 atom stereocenters. The highest BCUT2D eigenvalue weighted by Gasteiger charge is 2.07. The summed E-state index contributed by atoms with van der Waals surface area (Å²) < 4.78 is 0. The first-order valence-electron chi connectivity index (χ1n) is 5.34. The number of rotatable bonds is 6. The number of hydrogen-bond acceptors (Lipinski definition) is 3. The summed E-state index contributed by atoms with van der Waals surface area (Å²) >= 11 is 1.60. The summed E-state index contributed by atoms with van der Waals surface area (Å²) in [5.74, 6) is 0.298. The molecule has 0 aliphatic rings. The third-order valence-corrected chi connectivity index (χ3v) is 3.32. The molecule has 1 heterocycles. The van der Waals surface area contributed by atoms with Gasteiger partial charge in [-0.2, -0.15) is 0 Å². The van der Waals surface area contributed by atoms with Crippen molar-refractivity contribution in [3.05, 3.63) is 21.9 Å². The third-order valence-electron chi connectivity index (χ3n) is 2.27. The zero-order valence-corrected chi connectivity index (χ0v) is 10.6. The van der Waals surface area contributed by atoms with E-state index in [9.17, 15) is 4.79 Å². The standard InChI is InChI=1S/C12H19NOS/c1-10-7-8-12(15-10)11(14)6-4-5-9-13(2)3/h7-8H,4-6,9H2,1-3H3. The fourth-order valence-corrected chi connectivity index (χ4v) is 2.26. The molecule has 15 heavy (non-hydrogen) atoms. The van der Waals surface area contributed by atoms with Gasteiger partial charge in [0.25, 0.3) is 0 Å². The third kappa shape index (κ3) is 4.58. The van der Waals surface area contributed by atoms with E-state index in [1.165, 1.54) is 4.88 Å². The van der Waals surface area contributed by atoms with Crippen molar-refractivity contribution in [2.24, 2.45) is 0 Å². The second-order valence-corrected chi connectivity index (χ2v) is 5.38. The van der Waals surface area contributed by atoms with Gasteiger partial charge in [-0.3, -0.25) is 4.79 Å². The average Bonchev–Trinajstić information content (AvgIpc) is 2.59. The van der Waals surface area contributed by atoms with E-state index in [-0.39, 0.29) is 0 Å². The lowest BCUT2D eigenvalue weighted by molar-refractivity contribution is 0.0982. The molecule has 0 amide bonds. The summed E-state index contributed by atoms with van der Waals surface area (Å²) in [6.45, 7) is 3.10. The predicted octanol–water partition coefficient (Wildman–Crippen LogP) is 2.97. The molecule has 0 aliphatic carbocycles. The summed E-state index contributed by atoms with van der Waals surface area (Å²) in [5.41, 5.74) is 0. The van der Waals surface area contributed by atoms with Crippen molar-refractivity contribution < 1.29 is 4.79 Å². The quantitative estimate of drug-likeness (QED) is 0.548. The zero-order valence-electron chi connectivity index (χ0n) is 9.75. The van der Waals surface area contributed by atoms with Crippen LogP contribution in [0.5, 0.6) is 0 Å². The van der Waals surface area contributed by atoms with Crippen molar-refractivity contribution in [1.29, 1.82) is 0 Å². The van der Waals surface area contributed by atoms with E-state index in [1.807, 2.05) is 19.1 Å². The van der Waals surface area contributed by atoms with Crippen molar-refractivity contribution in [3.63, 3.8) is 0 Å². The molecule has 0 radical (unpaired) electrons. The highest BCUT2D eigenvalue weighted by molar-refractivity contribution is 7.14. The van der Waals surface area contributed by atoms with E-state index in [2.05, 4.69) is 19.0 Å². The number of aryl methyl sites for hydroxylation is 1. The number of carbonyl (C=O) groups excluding carboxylic acids is 1. The molecule has 0 N–H and O–H groups in total. The Bertz CT molecular complexity index is 317. The Labute approximate surface area is 95.9 Å². The Morgan fingerprint density at radius 1 is 1.33 bits per heavy atom. The molecule has 0 saturated heterocycles. The lowest BCUT2D eigenvalue weighted by Gasteiger charge is -2.07. The lowest BCUT2D eigenvalue weighted by Crippen LogP contribution is -2.13. The predicted molar refractivity (Wildman–Crippen MR) is 65.8 cm³/mol. The summed E-state index contributed by atoms with van der Waals surface area (Å²) in [6.07, 6.45) is 2.78. The number of thiophene rings is 1. The van der Waals surface area contributed by atoms with Crippen molar-refractivity contribution in [2.75, 3.05) is 20.6 Å². The molecule has 0 spiro atoms. The molecule has 1 aromatic heterocycles. The Balaban J connectivity index is 2.25. The Hall–Kier alpha value is -0.670. The highest BCUT2D eigenvalue weighted by Crippen LogP contribution is 2.17. The van der Waals surface area contributed by atoms with Crippen LogP contribution in [0.2, 0.25) is 0 Å². The molecule has 0 unspecified atom stereocenters. The van der Waals surface area contributed by atoms with Gasteiger partial charge in [-0.15, -0.1) is 11.3 Å². The van der Waals surface area contributed by atoms with Crippen molar-refractivity contribution in [2.45, 2.75) is 26.2 Å². The summed E-state index contributed by atoms with van der Waals surface area (Å²) in [6, 6.07) is 3.95. The maximum absolute atomic E-state index is 11.7. The van der Waals surface area contributed by atoms with E-state index >= 15 is 0 Å².